The van der Waals surface area contributed by atoms with Crippen LogP contribution in [0.1, 0.15) is 13.3 Å². The van der Waals surface area contributed by atoms with Gasteiger partial charge in [-0.1, -0.05) is 0 Å². The molecule has 0 atom stereocenters. The van der Waals surface area contributed by atoms with Gasteiger partial charge >= 0.3 is 5.69 Å². The molecule has 0 spiro atoms. The first-order valence-corrected chi connectivity index (χ1v) is 5.86. The molecule has 2 rings (SSSR count). The summed E-state index contributed by atoms with van der Waals surface area (Å²) in [5.74, 6) is -0.771. The van der Waals surface area contributed by atoms with Gasteiger partial charge in [0.15, 0.2) is 11.2 Å². The number of H-pyrrole nitrogens is 1. The van der Waals surface area contributed by atoms with E-state index >= 15 is 0 Å². The minimum absolute atomic E-state index is 0.0266. The first-order valence-electron chi connectivity index (χ1n) is 5.86. The number of carbonyl (C=O) groups is 2. The topological polar surface area (TPSA) is 133 Å². The highest BCUT2D eigenvalue weighted by Gasteiger charge is 2.14. The van der Waals surface area contributed by atoms with Crippen molar-refractivity contribution in [1.29, 1.82) is 0 Å². The predicted octanol–water partition coefficient (Wildman–Crippen LogP) is -1.65. The van der Waals surface area contributed by atoms with Crippen molar-refractivity contribution in [1.82, 2.24) is 19.1 Å². The molecule has 2 aromatic heterocycles. The zero-order valence-electron chi connectivity index (χ0n) is 10.8. The van der Waals surface area contributed by atoms with Gasteiger partial charge in [-0.3, -0.25) is 23.9 Å². The zero-order chi connectivity index (χ0) is 14.9. The minimum Gasteiger partial charge on any atom is -0.368 e. The Hall–Kier alpha value is -2.71. The maximum atomic E-state index is 12.2. The lowest BCUT2D eigenvalue weighted by Crippen LogP contribution is -2.36. The molecular formula is C11H13N5O4. The average molecular weight is 279 g/mol. The molecule has 0 saturated heterocycles. The molecule has 2 heterocycles. The summed E-state index contributed by atoms with van der Waals surface area (Å²) in [6.07, 6.45) is 1.32. The maximum absolute atomic E-state index is 12.2. The molecule has 106 valence electrons. The van der Waals surface area contributed by atoms with Gasteiger partial charge in [-0.05, 0) is 6.92 Å². The number of aromatic amines is 1. The van der Waals surface area contributed by atoms with E-state index in [1.54, 1.807) is 0 Å². The van der Waals surface area contributed by atoms with Crippen molar-refractivity contribution >= 4 is 22.9 Å². The Labute approximate surface area is 112 Å². The van der Waals surface area contributed by atoms with E-state index in [1.165, 1.54) is 17.8 Å². The Kier molecular flexibility index (Phi) is 3.51. The minimum atomic E-state index is -0.645. The Morgan fingerprint density at radius 3 is 2.70 bits per heavy atom. The number of amides is 1. The molecule has 0 aromatic carbocycles. The Bertz CT molecular complexity index is 797. The monoisotopic (exact) mass is 279 g/mol. The predicted molar refractivity (Wildman–Crippen MR) is 69.1 cm³/mol. The van der Waals surface area contributed by atoms with Crippen LogP contribution in [0, 0.1) is 0 Å². The summed E-state index contributed by atoms with van der Waals surface area (Å²) >= 11 is 0. The highest BCUT2D eigenvalue weighted by atomic mass is 16.2. The summed E-state index contributed by atoms with van der Waals surface area (Å²) in [4.78, 5) is 52.2. The third-order valence-electron chi connectivity index (χ3n) is 2.77. The van der Waals surface area contributed by atoms with Crippen LogP contribution >= 0.6 is 0 Å². The summed E-state index contributed by atoms with van der Waals surface area (Å²) in [7, 11) is 0. The maximum Gasteiger partial charge on any atom is 0.330 e. The number of primary amides is 1. The number of imidazole rings is 1. The van der Waals surface area contributed by atoms with Gasteiger partial charge in [0, 0.05) is 13.0 Å². The van der Waals surface area contributed by atoms with Crippen molar-refractivity contribution in [3.8, 4) is 0 Å². The summed E-state index contributed by atoms with van der Waals surface area (Å²) in [6, 6.07) is 0. The van der Waals surface area contributed by atoms with E-state index < -0.39 is 17.2 Å². The van der Waals surface area contributed by atoms with Gasteiger partial charge in [0.05, 0.1) is 6.33 Å². The van der Waals surface area contributed by atoms with E-state index in [-0.39, 0.29) is 36.5 Å². The van der Waals surface area contributed by atoms with E-state index in [9.17, 15) is 19.2 Å². The molecule has 0 unspecified atom stereocenters. The second-order valence-electron chi connectivity index (χ2n) is 4.37. The smallest absolute Gasteiger partial charge is 0.330 e. The quantitative estimate of drug-likeness (QED) is 0.676. The van der Waals surface area contributed by atoms with E-state index in [2.05, 4.69) is 9.97 Å². The van der Waals surface area contributed by atoms with Crippen LogP contribution < -0.4 is 17.0 Å². The van der Waals surface area contributed by atoms with Gasteiger partial charge in [-0.2, -0.15) is 0 Å². The fourth-order valence-electron chi connectivity index (χ4n) is 1.85. The van der Waals surface area contributed by atoms with Gasteiger partial charge in [0.2, 0.25) is 5.91 Å². The lowest BCUT2D eigenvalue weighted by Gasteiger charge is -2.04. The fourth-order valence-corrected chi connectivity index (χ4v) is 1.85. The van der Waals surface area contributed by atoms with Gasteiger partial charge in [0.25, 0.3) is 5.56 Å². The molecular weight excluding hydrogens is 266 g/mol. The molecule has 9 nitrogen and oxygen atoms in total. The third kappa shape index (κ3) is 2.51. The average Bonchev–Trinajstić information content (AvgIpc) is 2.70. The van der Waals surface area contributed by atoms with Crippen molar-refractivity contribution in [2.45, 2.75) is 26.4 Å². The van der Waals surface area contributed by atoms with Crippen LogP contribution in [0.15, 0.2) is 15.9 Å². The Morgan fingerprint density at radius 1 is 1.40 bits per heavy atom. The Morgan fingerprint density at radius 2 is 2.10 bits per heavy atom. The highest BCUT2D eigenvalue weighted by molar-refractivity contribution is 5.77. The SMILES string of the molecule is CC(=O)CCn1c(=O)[nH]c2ncn(CC(N)=O)c2c1=O. The van der Waals surface area contributed by atoms with E-state index in [1.807, 2.05) is 0 Å². The number of nitrogens with zero attached hydrogens (tertiary/aromatic N) is 3. The van der Waals surface area contributed by atoms with Gasteiger partial charge in [-0.15, -0.1) is 0 Å². The number of carbonyl (C=O) groups excluding carboxylic acids is 2. The standard InChI is InChI=1S/C11H13N5O4/c1-6(17)2-3-16-10(19)8-9(14-11(16)20)13-5-15(8)4-7(12)18/h5H,2-4H2,1H3,(H2,12,18)(H,14,20). The molecule has 0 aliphatic heterocycles. The first-order chi connectivity index (χ1) is 9.40. The second kappa shape index (κ2) is 5.11. The number of aromatic nitrogens is 4. The first kappa shape index (κ1) is 13.7. The number of Topliss-reactive ketones (excluding diaryl/α,β-unsaturated/α-hetero) is 1. The summed E-state index contributed by atoms with van der Waals surface area (Å²) < 4.78 is 2.17. The number of rotatable bonds is 5. The molecule has 20 heavy (non-hydrogen) atoms. The molecule has 2 aromatic rings. The van der Waals surface area contributed by atoms with Crippen LogP contribution in [0.2, 0.25) is 0 Å². The van der Waals surface area contributed by atoms with Gasteiger partial charge in [0.1, 0.15) is 12.3 Å². The van der Waals surface area contributed by atoms with Crippen LogP contribution in [0.5, 0.6) is 0 Å². The van der Waals surface area contributed by atoms with Crippen molar-refractivity contribution in [3.63, 3.8) is 0 Å². The molecule has 3 N–H and O–H groups in total. The van der Waals surface area contributed by atoms with E-state index in [0.717, 1.165) is 4.57 Å². The molecule has 0 aliphatic rings. The normalized spacial score (nSPS) is 10.8. The van der Waals surface area contributed by atoms with Crippen LogP contribution in [-0.2, 0) is 22.7 Å². The molecule has 0 aliphatic carbocycles. The molecule has 0 fully saturated rings. The summed E-state index contributed by atoms with van der Waals surface area (Å²) in [6.45, 7) is 1.13. The van der Waals surface area contributed by atoms with Crippen molar-refractivity contribution in [3.05, 3.63) is 27.2 Å². The number of hydrogen-bond donors (Lipinski definition) is 2. The van der Waals surface area contributed by atoms with Crippen LogP contribution in [0.4, 0.5) is 0 Å². The highest BCUT2D eigenvalue weighted by Crippen LogP contribution is 2.03. The van der Waals surface area contributed by atoms with Crippen molar-refractivity contribution < 1.29 is 9.59 Å². The lowest BCUT2D eigenvalue weighted by molar-refractivity contribution is -0.118. The van der Waals surface area contributed by atoms with Gasteiger partial charge in [-0.25, -0.2) is 9.78 Å². The molecule has 0 bridgehead atoms. The van der Waals surface area contributed by atoms with E-state index in [0.29, 0.717) is 0 Å². The number of nitrogens with two attached hydrogens (primary N) is 1. The van der Waals surface area contributed by atoms with Crippen LogP contribution in [0.25, 0.3) is 11.2 Å². The third-order valence-corrected chi connectivity index (χ3v) is 2.77. The Balaban J connectivity index is 2.59. The molecule has 0 radical (unpaired) electrons. The molecule has 0 saturated carbocycles. The van der Waals surface area contributed by atoms with Crippen molar-refractivity contribution in [2.75, 3.05) is 0 Å². The van der Waals surface area contributed by atoms with Crippen LogP contribution in [-0.4, -0.2) is 30.8 Å². The largest absolute Gasteiger partial charge is 0.368 e. The zero-order valence-corrected chi connectivity index (χ0v) is 10.8. The second-order valence-corrected chi connectivity index (χ2v) is 4.37. The van der Waals surface area contributed by atoms with Crippen molar-refractivity contribution in [2.24, 2.45) is 5.73 Å². The van der Waals surface area contributed by atoms with E-state index in [4.69, 9.17) is 5.73 Å². The number of nitrogens with one attached hydrogen (secondary N) is 1. The van der Waals surface area contributed by atoms with Gasteiger partial charge < -0.3 is 10.3 Å². The van der Waals surface area contributed by atoms with Crippen LogP contribution in [0.3, 0.4) is 0 Å². The lowest BCUT2D eigenvalue weighted by atomic mass is 10.3. The number of hydrogen-bond acceptors (Lipinski definition) is 5. The molecule has 1 amide bonds. The fraction of sp³-hybridized carbons (Fsp3) is 0.364. The number of ketones is 1. The summed E-state index contributed by atoms with van der Waals surface area (Å²) in [5, 5.41) is 0. The summed E-state index contributed by atoms with van der Waals surface area (Å²) in [5.41, 5.74) is 3.98. The molecule has 9 heteroatoms. The number of fused-ring (bicyclic) bond motifs is 1.